The van der Waals surface area contributed by atoms with E-state index in [2.05, 4.69) is 16.9 Å². The number of nitrogens with zero attached hydrogens (tertiary/aromatic N) is 3. The van der Waals surface area contributed by atoms with E-state index in [0.29, 0.717) is 6.54 Å². The predicted octanol–water partition coefficient (Wildman–Crippen LogP) is 0.685. The Kier molecular flexibility index (Phi) is 4.18. The van der Waals surface area contributed by atoms with Gasteiger partial charge in [-0.05, 0) is 6.42 Å². The first-order valence-electron chi connectivity index (χ1n) is 4.50. The Bertz CT molecular complexity index is 222. The highest BCUT2D eigenvalue weighted by molar-refractivity contribution is 5.34. The second kappa shape index (κ2) is 5.48. The lowest BCUT2D eigenvalue weighted by molar-refractivity contribution is 0.301. The molecule has 1 aromatic heterocycles. The average Bonchev–Trinajstić information content (AvgIpc) is 2.19. The van der Waals surface area contributed by atoms with E-state index in [1.54, 1.807) is 18.6 Å². The van der Waals surface area contributed by atoms with Crippen molar-refractivity contribution in [3.63, 3.8) is 0 Å². The molecule has 0 radical (unpaired) electrons. The van der Waals surface area contributed by atoms with Crippen LogP contribution in [0.3, 0.4) is 0 Å². The summed E-state index contributed by atoms with van der Waals surface area (Å²) in [5.74, 6) is 0.832. The molecule has 0 fully saturated rings. The molecule has 0 unspecified atom stereocenters. The summed E-state index contributed by atoms with van der Waals surface area (Å²) in [6.07, 6.45) is 6.06. The minimum Gasteiger partial charge on any atom is -0.395 e. The zero-order valence-electron chi connectivity index (χ0n) is 7.85. The van der Waals surface area contributed by atoms with Crippen LogP contribution < -0.4 is 4.90 Å². The van der Waals surface area contributed by atoms with Gasteiger partial charge < -0.3 is 10.0 Å². The maximum absolute atomic E-state index is 8.83. The van der Waals surface area contributed by atoms with Crippen molar-refractivity contribution in [2.75, 3.05) is 24.6 Å². The van der Waals surface area contributed by atoms with E-state index in [0.717, 1.165) is 18.8 Å². The summed E-state index contributed by atoms with van der Waals surface area (Å²) in [5.41, 5.74) is 0. The van der Waals surface area contributed by atoms with E-state index >= 15 is 0 Å². The van der Waals surface area contributed by atoms with Gasteiger partial charge in [-0.3, -0.25) is 4.98 Å². The minimum atomic E-state index is 0.149. The molecule has 4 heteroatoms. The second-order valence-corrected chi connectivity index (χ2v) is 2.77. The molecule has 0 aliphatic rings. The smallest absolute Gasteiger partial charge is 0.147 e. The highest BCUT2D eigenvalue weighted by Gasteiger charge is 2.04. The van der Waals surface area contributed by atoms with Crippen molar-refractivity contribution in [2.45, 2.75) is 13.3 Å². The van der Waals surface area contributed by atoms with Crippen LogP contribution in [0.2, 0.25) is 0 Å². The van der Waals surface area contributed by atoms with Gasteiger partial charge >= 0.3 is 0 Å². The zero-order valence-corrected chi connectivity index (χ0v) is 7.85. The van der Waals surface area contributed by atoms with Crippen LogP contribution in [0.4, 0.5) is 5.82 Å². The van der Waals surface area contributed by atoms with E-state index in [1.807, 2.05) is 4.90 Å². The third-order valence-electron chi connectivity index (χ3n) is 1.74. The van der Waals surface area contributed by atoms with Crippen LogP contribution in [-0.2, 0) is 0 Å². The number of hydrogen-bond donors (Lipinski definition) is 1. The standard InChI is InChI=1S/C9H15N3O/c1-2-5-12(6-7-13)9-8-10-3-4-11-9/h3-4,8,13H,2,5-7H2,1H3. The summed E-state index contributed by atoms with van der Waals surface area (Å²) < 4.78 is 0. The molecule has 1 rings (SSSR count). The van der Waals surface area contributed by atoms with Gasteiger partial charge in [0, 0.05) is 25.5 Å². The Morgan fingerprint density at radius 3 is 2.77 bits per heavy atom. The molecule has 0 saturated heterocycles. The molecule has 0 aromatic carbocycles. The highest BCUT2D eigenvalue weighted by Crippen LogP contribution is 2.06. The SMILES string of the molecule is CCCN(CCO)c1cnccn1. The molecule has 13 heavy (non-hydrogen) atoms. The lowest BCUT2D eigenvalue weighted by atomic mass is 10.4. The largest absolute Gasteiger partial charge is 0.395 e. The van der Waals surface area contributed by atoms with E-state index in [-0.39, 0.29) is 6.61 Å². The summed E-state index contributed by atoms with van der Waals surface area (Å²) in [6, 6.07) is 0. The molecular formula is C9H15N3O. The van der Waals surface area contributed by atoms with Crippen LogP contribution in [0.1, 0.15) is 13.3 Å². The lowest BCUT2D eigenvalue weighted by Gasteiger charge is -2.21. The number of aliphatic hydroxyl groups is 1. The zero-order chi connectivity index (χ0) is 9.52. The monoisotopic (exact) mass is 181 g/mol. The Balaban J connectivity index is 2.64. The first-order chi connectivity index (χ1) is 6.38. The number of aliphatic hydroxyl groups excluding tert-OH is 1. The van der Waals surface area contributed by atoms with Crippen molar-refractivity contribution in [3.05, 3.63) is 18.6 Å². The minimum absolute atomic E-state index is 0.149. The van der Waals surface area contributed by atoms with E-state index < -0.39 is 0 Å². The van der Waals surface area contributed by atoms with Gasteiger partial charge in [0.2, 0.25) is 0 Å². The molecule has 0 aliphatic heterocycles. The third-order valence-corrected chi connectivity index (χ3v) is 1.74. The summed E-state index contributed by atoms with van der Waals surface area (Å²) in [4.78, 5) is 10.2. The van der Waals surface area contributed by atoms with E-state index in [1.165, 1.54) is 0 Å². The molecule has 0 atom stereocenters. The topological polar surface area (TPSA) is 49.2 Å². The van der Waals surface area contributed by atoms with Gasteiger partial charge in [-0.15, -0.1) is 0 Å². The number of aromatic nitrogens is 2. The van der Waals surface area contributed by atoms with Crippen molar-refractivity contribution in [1.82, 2.24) is 9.97 Å². The second-order valence-electron chi connectivity index (χ2n) is 2.77. The Morgan fingerprint density at radius 1 is 1.38 bits per heavy atom. The molecule has 0 bridgehead atoms. The van der Waals surface area contributed by atoms with Gasteiger partial charge in [0.25, 0.3) is 0 Å². The van der Waals surface area contributed by atoms with Crippen LogP contribution in [0.5, 0.6) is 0 Å². The molecule has 4 nitrogen and oxygen atoms in total. The molecule has 0 spiro atoms. The first-order valence-corrected chi connectivity index (χ1v) is 4.50. The normalized spacial score (nSPS) is 10.0. The quantitative estimate of drug-likeness (QED) is 0.726. The Morgan fingerprint density at radius 2 is 2.23 bits per heavy atom. The Hall–Kier alpha value is -1.16. The molecule has 0 amide bonds. The van der Waals surface area contributed by atoms with Crippen molar-refractivity contribution >= 4 is 5.82 Å². The van der Waals surface area contributed by atoms with Crippen LogP contribution >= 0.6 is 0 Å². The van der Waals surface area contributed by atoms with E-state index in [4.69, 9.17) is 5.11 Å². The molecular weight excluding hydrogens is 166 g/mol. The van der Waals surface area contributed by atoms with Crippen LogP contribution in [0.15, 0.2) is 18.6 Å². The Labute approximate surface area is 78.2 Å². The highest BCUT2D eigenvalue weighted by atomic mass is 16.3. The molecule has 0 aliphatic carbocycles. The molecule has 72 valence electrons. The summed E-state index contributed by atoms with van der Waals surface area (Å²) in [6.45, 7) is 3.77. The third kappa shape index (κ3) is 2.99. The predicted molar refractivity (Wildman–Crippen MR) is 51.6 cm³/mol. The van der Waals surface area contributed by atoms with Gasteiger partial charge in [-0.25, -0.2) is 4.98 Å². The van der Waals surface area contributed by atoms with Gasteiger partial charge in [-0.1, -0.05) is 6.92 Å². The van der Waals surface area contributed by atoms with Crippen molar-refractivity contribution < 1.29 is 5.11 Å². The summed E-state index contributed by atoms with van der Waals surface area (Å²) in [7, 11) is 0. The molecule has 1 N–H and O–H groups in total. The van der Waals surface area contributed by atoms with Gasteiger partial charge in [0.1, 0.15) is 5.82 Å². The van der Waals surface area contributed by atoms with Gasteiger partial charge in [0.05, 0.1) is 12.8 Å². The van der Waals surface area contributed by atoms with Crippen molar-refractivity contribution in [2.24, 2.45) is 0 Å². The fourth-order valence-electron chi connectivity index (χ4n) is 1.19. The first kappa shape index (κ1) is 9.92. The summed E-state index contributed by atoms with van der Waals surface area (Å²) >= 11 is 0. The van der Waals surface area contributed by atoms with Gasteiger partial charge in [0.15, 0.2) is 0 Å². The van der Waals surface area contributed by atoms with Crippen LogP contribution in [0.25, 0.3) is 0 Å². The fourth-order valence-corrected chi connectivity index (χ4v) is 1.19. The van der Waals surface area contributed by atoms with Crippen LogP contribution in [-0.4, -0.2) is 34.8 Å². The fraction of sp³-hybridized carbons (Fsp3) is 0.556. The van der Waals surface area contributed by atoms with Crippen molar-refractivity contribution in [1.29, 1.82) is 0 Å². The van der Waals surface area contributed by atoms with Gasteiger partial charge in [-0.2, -0.15) is 0 Å². The van der Waals surface area contributed by atoms with Crippen LogP contribution in [0, 0.1) is 0 Å². The lowest BCUT2D eigenvalue weighted by Crippen LogP contribution is -2.28. The van der Waals surface area contributed by atoms with Crippen molar-refractivity contribution in [3.8, 4) is 0 Å². The molecule has 1 aromatic rings. The number of rotatable bonds is 5. The number of hydrogen-bond acceptors (Lipinski definition) is 4. The molecule has 0 saturated carbocycles. The van der Waals surface area contributed by atoms with E-state index in [9.17, 15) is 0 Å². The summed E-state index contributed by atoms with van der Waals surface area (Å²) in [5, 5.41) is 8.83. The molecule has 1 heterocycles. The maximum atomic E-state index is 8.83. The number of anilines is 1. The maximum Gasteiger partial charge on any atom is 0.147 e. The average molecular weight is 181 g/mol.